The monoisotopic (exact) mass is 383 g/mol. The Kier molecular flexibility index (Phi) is 3.67. The Hall–Kier alpha value is -1.18. The number of ether oxygens (including phenoxy) is 1. The van der Waals surface area contributed by atoms with Gasteiger partial charge in [-0.3, -0.25) is 0 Å². The SMILES string of the molecule is OCOc1ccc2nc(-c3ccc(I)cc3)sc2c1. The van der Waals surface area contributed by atoms with E-state index in [1.165, 1.54) is 3.57 Å². The van der Waals surface area contributed by atoms with E-state index in [2.05, 4.69) is 51.8 Å². The number of aromatic nitrogens is 1. The van der Waals surface area contributed by atoms with E-state index in [1.54, 1.807) is 11.3 Å². The first-order valence-corrected chi connectivity index (χ1v) is 7.56. The second-order valence-electron chi connectivity index (χ2n) is 3.93. The van der Waals surface area contributed by atoms with Crippen LogP contribution in [0.5, 0.6) is 5.75 Å². The molecular formula is C14H10INO2S. The maximum absolute atomic E-state index is 8.77. The van der Waals surface area contributed by atoms with Crippen molar-refractivity contribution in [3.8, 4) is 16.3 Å². The third-order valence-electron chi connectivity index (χ3n) is 2.68. The van der Waals surface area contributed by atoms with Crippen LogP contribution in [0.3, 0.4) is 0 Å². The average Bonchev–Trinajstić information content (AvgIpc) is 2.83. The predicted molar refractivity (Wildman–Crippen MR) is 85.5 cm³/mol. The molecule has 5 heteroatoms. The molecule has 1 heterocycles. The number of fused-ring (bicyclic) bond motifs is 1. The lowest BCUT2D eigenvalue weighted by atomic mass is 10.2. The van der Waals surface area contributed by atoms with Crippen molar-refractivity contribution in [2.45, 2.75) is 0 Å². The molecule has 0 spiro atoms. The Balaban J connectivity index is 2.03. The van der Waals surface area contributed by atoms with E-state index in [1.807, 2.05) is 18.2 Å². The van der Waals surface area contributed by atoms with Gasteiger partial charge < -0.3 is 9.84 Å². The summed E-state index contributed by atoms with van der Waals surface area (Å²) in [6.45, 7) is -0.311. The van der Waals surface area contributed by atoms with Crippen molar-refractivity contribution < 1.29 is 9.84 Å². The fourth-order valence-corrected chi connectivity index (χ4v) is 3.14. The Morgan fingerprint density at radius 3 is 2.68 bits per heavy atom. The molecule has 0 radical (unpaired) electrons. The molecule has 0 saturated heterocycles. The summed E-state index contributed by atoms with van der Waals surface area (Å²) in [4.78, 5) is 4.61. The van der Waals surface area contributed by atoms with Crippen LogP contribution in [0, 0.1) is 3.57 Å². The Labute approximate surface area is 128 Å². The number of halogens is 1. The van der Waals surface area contributed by atoms with Gasteiger partial charge in [0, 0.05) is 9.13 Å². The fourth-order valence-electron chi connectivity index (χ4n) is 1.79. The first kappa shape index (κ1) is 12.8. The molecule has 3 rings (SSSR count). The van der Waals surface area contributed by atoms with Crippen molar-refractivity contribution in [1.29, 1.82) is 0 Å². The van der Waals surface area contributed by atoms with E-state index in [0.29, 0.717) is 5.75 Å². The number of thiazole rings is 1. The third kappa shape index (κ3) is 2.72. The molecule has 3 nitrogen and oxygen atoms in total. The molecule has 1 N–H and O–H groups in total. The molecule has 0 amide bonds. The largest absolute Gasteiger partial charge is 0.468 e. The number of aliphatic hydroxyl groups is 1. The predicted octanol–water partition coefficient (Wildman–Crippen LogP) is 3.90. The van der Waals surface area contributed by atoms with Crippen molar-refractivity contribution >= 4 is 44.1 Å². The van der Waals surface area contributed by atoms with Gasteiger partial charge in [-0.15, -0.1) is 11.3 Å². The van der Waals surface area contributed by atoms with Crippen LogP contribution < -0.4 is 4.74 Å². The van der Waals surface area contributed by atoms with Crippen LogP contribution in [0.1, 0.15) is 0 Å². The summed E-state index contributed by atoms with van der Waals surface area (Å²) in [5, 5.41) is 9.76. The molecule has 0 saturated carbocycles. The summed E-state index contributed by atoms with van der Waals surface area (Å²) >= 11 is 3.91. The molecule has 0 atom stereocenters. The molecule has 96 valence electrons. The van der Waals surface area contributed by atoms with E-state index < -0.39 is 0 Å². The number of hydrogen-bond acceptors (Lipinski definition) is 4. The second kappa shape index (κ2) is 5.44. The lowest BCUT2D eigenvalue weighted by Gasteiger charge is -1.99. The lowest BCUT2D eigenvalue weighted by Crippen LogP contribution is -1.93. The highest BCUT2D eigenvalue weighted by molar-refractivity contribution is 14.1. The van der Waals surface area contributed by atoms with E-state index in [0.717, 1.165) is 20.8 Å². The highest BCUT2D eigenvalue weighted by Gasteiger charge is 2.07. The van der Waals surface area contributed by atoms with Crippen LogP contribution in [-0.4, -0.2) is 16.9 Å². The topological polar surface area (TPSA) is 42.4 Å². The quantitative estimate of drug-likeness (QED) is 0.551. The summed E-state index contributed by atoms with van der Waals surface area (Å²) in [5.41, 5.74) is 2.06. The van der Waals surface area contributed by atoms with Crippen LogP contribution in [-0.2, 0) is 0 Å². The molecule has 19 heavy (non-hydrogen) atoms. The van der Waals surface area contributed by atoms with Gasteiger partial charge in [0.05, 0.1) is 10.2 Å². The maximum atomic E-state index is 8.77. The minimum absolute atomic E-state index is 0.311. The van der Waals surface area contributed by atoms with E-state index in [9.17, 15) is 0 Å². The first-order chi connectivity index (χ1) is 9.26. The van der Waals surface area contributed by atoms with Gasteiger partial charge in [-0.1, -0.05) is 12.1 Å². The third-order valence-corrected chi connectivity index (χ3v) is 4.47. The molecule has 0 fully saturated rings. The van der Waals surface area contributed by atoms with Gasteiger partial charge in [-0.2, -0.15) is 0 Å². The molecule has 0 unspecified atom stereocenters. The first-order valence-electron chi connectivity index (χ1n) is 5.66. The Morgan fingerprint density at radius 2 is 1.95 bits per heavy atom. The van der Waals surface area contributed by atoms with Crippen molar-refractivity contribution in [1.82, 2.24) is 4.98 Å². The lowest BCUT2D eigenvalue weighted by molar-refractivity contribution is 0.0987. The summed E-state index contributed by atoms with van der Waals surface area (Å²) in [5.74, 6) is 0.660. The van der Waals surface area contributed by atoms with Crippen LogP contribution >= 0.6 is 33.9 Å². The summed E-state index contributed by atoms with van der Waals surface area (Å²) in [6, 6.07) is 13.9. The molecular weight excluding hydrogens is 373 g/mol. The fraction of sp³-hybridized carbons (Fsp3) is 0.0714. The van der Waals surface area contributed by atoms with Gasteiger partial charge in [0.2, 0.25) is 0 Å². The summed E-state index contributed by atoms with van der Waals surface area (Å²) in [6.07, 6.45) is 0. The number of nitrogens with zero attached hydrogens (tertiary/aromatic N) is 1. The van der Waals surface area contributed by atoms with E-state index >= 15 is 0 Å². The molecule has 1 aromatic heterocycles. The zero-order chi connectivity index (χ0) is 13.2. The number of hydrogen-bond donors (Lipinski definition) is 1. The van der Waals surface area contributed by atoms with Crippen molar-refractivity contribution in [3.05, 3.63) is 46.0 Å². The zero-order valence-corrected chi connectivity index (χ0v) is 12.8. The molecule has 2 aromatic carbocycles. The van der Waals surface area contributed by atoms with Crippen LogP contribution in [0.15, 0.2) is 42.5 Å². The Morgan fingerprint density at radius 1 is 1.16 bits per heavy atom. The normalized spacial score (nSPS) is 10.8. The van der Waals surface area contributed by atoms with E-state index in [4.69, 9.17) is 9.84 Å². The number of aliphatic hydroxyl groups excluding tert-OH is 1. The zero-order valence-electron chi connectivity index (χ0n) is 9.84. The van der Waals surface area contributed by atoms with Crippen molar-refractivity contribution in [3.63, 3.8) is 0 Å². The van der Waals surface area contributed by atoms with E-state index in [-0.39, 0.29) is 6.79 Å². The summed E-state index contributed by atoms with van der Waals surface area (Å²) in [7, 11) is 0. The molecule has 0 aliphatic carbocycles. The minimum Gasteiger partial charge on any atom is -0.468 e. The summed E-state index contributed by atoms with van der Waals surface area (Å²) < 4.78 is 7.34. The maximum Gasteiger partial charge on any atom is 0.186 e. The molecule has 0 aliphatic heterocycles. The van der Waals surface area contributed by atoms with Gasteiger partial charge in [-0.05, 0) is 52.9 Å². The Bertz CT molecular complexity index is 709. The standard InChI is InChI=1S/C14H10INO2S/c15-10-3-1-9(2-4-10)14-16-12-6-5-11(18-8-17)7-13(12)19-14/h1-7,17H,8H2. The highest BCUT2D eigenvalue weighted by Crippen LogP contribution is 2.32. The van der Waals surface area contributed by atoms with Crippen molar-refractivity contribution in [2.24, 2.45) is 0 Å². The average molecular weight is 383 g/mol. The van der Waals surface area contributed by atoms with Gasteiger partial charge >= 0.3 is 0 Å². The van der Waals surface area contributed by atoms with Crippen LogP contribution in [0.25, 0.3) is 20.8 Å². The van der Waals surface area contributed by atoms with Crippen LogP contribution in [0.2, 0.25) is 0 Å². The van der Waals surface area contributed by atoms with Crippen LogP contribution in [0.4, 0.5) is 0 Å². The highest BCUT2D eigenvalue weighted by atomic mass is 127. The van der Waals surface area contributed by atoms with Gasteiger partial charge in [0.25, 0.3) is 0 Å². The molecule has 3 aromatic rings. The molecule has 0 bridgehead atoms. The van der Waals surface area contributed by atoms with Gasteiger partial charge in [-0.25, -0.2) is 4.98 Å². The number of benzene rings is 2. The molecule has 0 aliphatic rings. The second-order valence-corrected chi connectivity index (χ2v) is 6.21. The van der Waals surface area contributed by atoms with Gasteiger partial charge in [0.15, 0.2) is 6.79 Å². The smallest absolute Gasteiger partial charge is 0.186 e. The minimum atomic E-state index is -0.311. The van der Waals surface area contributed by atoms with Crippen molar-refractivity contribution in [2.75, 3.05) is 6.79 Å². The number of rotatable bonds is 3. The van der Waals surface area contributed by atoms with Gasteiger partial charge in [0.1, 0.15) is 10.8 Å².